The van der Waals surface area contributed by atoms with Crippen LogP contribution in [0.1, 0.15) is 23.2 Å². The number of amides is 2. The molecular formula is C13H16N2O3S. The van der Waals surface area contributed by atoms with Gasteiger partial charge < -0.3 is 14.9 Å². The van der Waals surface area contributed by atoms with Gasteiger partial charge in [-0.1, -0.05) is 0 Å². The summed E-state index contributed by atoms with van der Waals surface area (Å²) in [5.41, 5.74) is 0.707. The Bertz CT molecular complexity index is 488. The average Bonchev–Trinajstić information content (AvgIpc) is 3.08. The molecule has 2 fully saturated rings. The molecule has 0 aliphatic carbocycles. The number of β-amino-alcohol motifs (C(OH)–C–C–N with tert-alkyl or cyclic N) is 1. The van der Waals surface area contributed by atoms with Gasteiger partial charge in [0.15, 0.2) is 0 Å². The fourth-order valence-corrected chi connectivity index (χ4v) is 3.76. The molecule has 2 saturated heterocycles. The molecule has 3 heterocycles. The van der Waals surface area contributed by atoms with Crippen molar-refractivity contribution in [1.29, 1.82) is 0 Å². The Morgan fingerprint density at radius 3 is 3.00 bits per heavy atom. The first-order valence-electron chi connectivity index (χ1n) is 6.46. The zero-order valence-electron chi connectivity index (χ0n) is 10.5. The van der Waals surface area contributed by atoms with Crippen molar-refractivity contribution in [3.8, 4) is 0 Å². The SMILES string of the molecule is O=C(c1ccsc1)N1CC[C@H]2[C@H]1CC(=O)N2CCO. The van der Waals surface area contributed by atoms with Gasteiger partial charge in [0, 0.05) is 24.9 Å². The number of hydrogen-bond acceptors (Lipinski definition) is 4. The molecule has 0 spiro atoms. The smallest absolute Gasteiger partial charge is 0.255 e. The zero-order chi connectivity index (χ0) is 13.4. The molecule has 3 rings (SSSR count). The highest BCUT2D eigenvalue weighted by molar-refractivity contribution is 7.08. The molecule has 0 bridgehead atoms. The molecule has 1 N–H and O–H groups in total. The third-order valence-corrected chi connectivity index (χ3v) is 4.67. The predicted molar refractivity (Wildman–Crippen MR) is 71.0 cm³/mol. The monoisotopic (exact) mass is 280 g/mol. The maximum absolute atomic E-state index is 12.4. The molecule has 2 aliphatic heterocycles. The summed E-state index contributed by atoms with van der Waals surface area (Å²) in [5, 5.41) is 12.7. The van der Waals surface area contributed by atoms with Crippen molar-refractivity contribution in [2.45, 2.75) is 24.9 Å². The Labute approximate surface area is 115 Å². The summed E-state index contributed by atoms with van der Waals surface area (Å²) in [4.78, 5) is 27.8. The first-order chi connectivity index (χ1) is 9.22. The van der Waals surface area contributed by atoms with Crippen molar-refractivity contribution >= 4 is 23.2 Å². The van der Waals surface area contributed by atoms with Gasteiger partial charge >= 0.3 is 0 Å². The second kappa shape index (κ2) is 4.94. The van der Waals surface area contributed by atoms with E-state index >= 15 is 0 Å². The molecule has 2 aliphatic rings. The molecule has 0 unspecified atom stereocenters. The van der Waals surface area contributed by atoms with Crippen LogP contribution in [0, 0.1) is 0 Å². The van der Waals surface area contributed by atoms with Crippen LogP contribution in [0.5, 0.6) is 0 Å². The highest BCUT2D eigenvalue weighted by Gasteiger charge is 2.48. The number of rotatable bonds is 3. The first-order valence-corrected chi connectivity index (χ1v) is 7.40. The van der Waals surface area contributed by atoms with Crippen LogP contribution in [-0.2, 0) is 4.79 Å². The molecule has 6 heteroatoms. The largest absolute Gasteiger partial charge is 0.395 e. The molecule has 102 valence electrons. The van der Waals surface area contributed by atoms with Gasteiger partial charge in [-0.3, -0.25) is 9.59 Å². The molecule has 0 radical (unpaired) electrons. The average molecular weight is 280 g/mol. The fraction of sp³-hybridized carbons (Fsp3) is 0.538. The number of hydrogen-bond donors (Lipinski definition) is 1. The molecule has 2 atom stereocenters. The summed E-state index contributed by atoms with van der Waals surface area (Å²) in [6, 6.07) is 1.89. The Kier molecular flexibility index (Phi) is 3.28. The maximum atomic E-state index is 12.4. The van der Waals surface area contributed by atoms with Crippen molar-refractivity contribution in [3.63, 3.8) is 0 Å². The van der Waals surface area contributed by atoms with E-state index in [1.165, 1.54) is 11.3 Å². The lowest BCUT2D eigenvalue weighted by atomic mass is 10.1. The lowest BCUT2D eigenvalue weighted by Crippen LogP contribution is -2.40. The highest BCUT2D eigenvalue weighted by Crippen LogP contribution is 2.33. The highest BCUT2D eigenvalue weighted by atomic mass is 32.1. The second-order valence-corrected chi connectivity index (χ2v) is 5.73. The van der Waals surface area contributed by atoms with Crippen molar-refractivity contribution in [2.24, 2.45) is 0 Å². The van der Waals surface area contributed by atoms with Gasteiger partial charge in [-0.15, -0.1) is 0 Å². The maximum Gasteiger partial charge on any atom is 0.255 e. The van der Waals surface area contributed by atoms with E-state index in [-0.39, 0.29) is 30.5 Å². The molecule has 0 saturated carbocycles. The Hall–Kier alpha value is -1.40. The fourth-order valence-electron chi connectivity index (χ4n) is 3.13. The number of carbonyl (C=O) groups excluding carboxylic acids is 2. The van der Waals surface area contributed by atoms with Crippen LogP contribution in [0.3, 0.4) is 0 Å². The quantitative estimate of drug-likeness (QED) is 0.880. The van der Waals surface area contributed by atoms with Gasteiger partial charge in [-0.2, -0.15) is 11.3 Å². The minimum atomic E-state index is -0.0218. The van der Waals surface area contributed by atoms with Crippen LogP contribution < -0.4 is 0 Å². The van der Waals surface area contributed by atoms with Crippen molar-refractivity contribution < 1.29 is 14.7 Å². The number of aliphatic hydroxyl groups is 1. The Morgan fingerprint density at radius 2 is 2.32 bits per heavy atom. The standard InChI is InChI=1S/C13H16N2O3S/c16-5-4-14-10-1-3-15(11(10)7-12(14)17)13(18)9-2-6-19-8-9/h2,6,8,10-11,16H,1,3-5,7H2/t10-,11+/m0/s1. The van der Waals surface area contributed by atoms with E-state index in [9.17, 15) is 9.59 Å². The van der Waals surface area contributed by atoms with E-state index in [2.05, 4.69) is 0 Å². The van der Waals surface area contributed by atoms with Gasteiger partial charge in [0.25, 0.3) is 5.91 Å². The van der Waals surface area contributed by atoms with Crippen LogP contribution in [0.2, 0.25) is 0 Å². The van der Waals surface area contributed by atoms with Crippen molar-refractivity contribution in [3.05, 3.63) is 22.4 Å². The number of thiophene rings is 1. The molecular weight excluding hydrogens is 264 g/mol. The van der Waals surface area contributed by atoms with E-state index in [0.29, 0.717) is 25.1 Å². The summed E-state index contributed by atoms with van der Waals surface area (Å²) in [7, 11) is 0. The van der Waals surface area contributed by atoms with Crippen LogP contribution in [0.15, 0.2) is 16.8 Å². The predicted octanol–water partition coefficient (Wildman–Crippen LogP) is 0.556. The zero-order valence-corrected chi connectivity index (χ0v) is 11.3. The number of aliphatic hydroxyl groups excluding tert-OH is 1. The molecule has 1 aromatic heterocycles. The summed E-state index contributed by atoms with van der Waals surface area (Å²) in [6.07, 6.45) is 1.20. The van der Waals surface area contributed by atoms with Crippen LogP contribution in [-0.4, -0.2) is 58.5 Å². The summed E-state index contributed by atoms with van der Waals surface area (Å²) < 4.78 is 0. The lowest BCUT2D eigenvalue weighted by molar-refractivity contribution is -0.129. The Balaban J connectivity index is 1.77. The van der Waals surface area contributed by atoms with Gasteiger partial charge in [-0.25, -0.2) is 0 Å². The van der Waals surface area contributed by atoms with E-state index in [1.807, 2.05) is 21.7 Å². The molecule has 5 nitrogen and oxygen atoms in total. The number of fused-ring (bicyclic) bond motifs is 1. The topological polar surface area (TPSA) is 60.9 Å². The third-order valence-electron chi connectivity index (χ3n) is 3.98. The summed E-state index contributed by atoms with van der Waals surface area (Å²) in [5.74, 6) is 0.0688. The van der Waals surface area contributed by atoms with Crippen molar-refractivity contribution in [1.82, 2.24) is 9.80 Å². The normalized spacial score (nSPS) is 26.1. The molecule has 1 aromatic rings. The second-order valence-electron chi connectivity index (χ2n) is 4.95. The van der Waals surface area contributed by atoms with Crippen LogP contribution in [0.4, 0.5) is 0 Å². The number of likely N-dealkylation sites (tertiary alicyclic amines) is 2. The number of carbonyl (C=O) groups is 2. The number of nitrogens with zero attached hydrogens (tertiary/aromatic N) is 2. The lowest BCUT2D eigenvalue weighted by Gasteiger charge is -2.24. The van der Waals surface area contributed by atoms with Crippen LogP contribution in [0.25, 0.3) is 0 Å². The van der Waals surface area contributed by atoms with Gasteiger partial charge in [-0.05, 0) is 17.9 Å². The van der Waals surface area contributed by atoms with Gasteiger partial charge in [0.1, 0.15) is 0 Å². The molecule has 2 amide bonds. The minimum absolute atomic E-state index is 0.0204. The van der Waals surface area contributed by atoms with Gasteiger partial charge in [0.05, 0.1) is 24.3 Å². The van der Waals surface area contributed by atoms with E-state index in [0.717, 1.165) is 6.42 Å². The van der Waals surface area contributed by atoms with Gasteiger partial charge in [0.2, 0.25) is 5.91 Å². The van der Waals surface area contributed by atoms with Crippen LogP contribution >= 0.6 is 11.3 Å². The third kappa shape index (κ3) is 2.04. The minimum Gasteiger partial charge on any atom is -0.395 e. The van der Waals surface area contributed by atoms with E-state index in [4.69, 9.17) is 5.11 Å². The molecule has 0 aromatic carbocycles. The first kappa shape index (κ1) is 12.6. The Morgan fingerprint density at radius 1 is 1.47 bits per heavy atom. The summed E-state index contributed by atoms with van der Waals surface area (Å²) in [6.45, 7) is 1.05. The van der Waals surface area contributed by atoms with E-state index in [1.54, 1.807) is 4.90 Å². The van der Waals surface area contributed by atoms with Crippen molar-refractivity contribution in [2.75, 3.05) is 19.7 Å². The van der Waals surface area contributed by atoms with E-state index < -0.39 is 0 Å². The summed E-state index contributed by atoms with van der Waals surface area (Å²) >= 11 is 1.50. The molecule has 19 heavy (non-hydrogen) atoms.